The largest absolute Gasteiger partial charge is 0.444 e. The summed E-state index contributed by atoms with van der Waals surface area (Å²) in [7, 11) is 0. The number of aryl methyl sites for hydroxylation is 1. The lowest BCUT2D eigenvalue weighted by Crippen LogP contribution is -2.37. The Morgan fingerprint density at radius 1 is 1.28 bits per heavy atom. The molecule has 0 radical (unpaired) electrons. The summed E-state index contributed by atoms with van der Waals surface area (Å²) in [5, 5.41) is 0. The Morgan fingerprint density at radius 2 is 2.00 bits per heavy atom. The third-order valence-electron chi connectivity index (χ3n) is 4.65. The van der Waals surface area contributed by atoms with Gasteiger partial charge in [0.2, 0.25) is 0 Å². The van der Waals surface area contributed by atoms with Crippen molar-refractivity contribution in [3.63, 3.8) is 0 Å². The van der Waals surface area contributed by atoms with Gasteiger partial charge in [-0.2, -0.15) is 0 Å². The number of ether oxygens (including phenoxy) is 2. The molecule has 0 saturated carbocycles. The highest BCUT2D eigenvalue weighted by atomic mass is 16.6. The summed E-state index contributed by atoms with van der Waals surface area (Å²) in [5.41, 5.74) is 1.77. The van der Waals surface area contributed by atoms with Crippen LogP contribution in [0, 0.1) is 6.92 Å². The summed E-state index contributed by atoms with van der Waals surface area (Å²) in [6, 6.07) is 2.23. The summed E-state index contributed by atoms with van der Waals surface area (Å²) in [4.78, 5) is 21.3. The van der Waals surface area contributed by atoms with Gasteiger partial charge in [0, 0.05) is 25.8 Å². The van der Waals surface area contributed by atoms with Crippen molar-refractivity contribution in [2.75, 3.05) is 37.7 Å². The number of carbonyl (C=O) groups excluding carboxylic acids is 1. The van der Waals surface area contributed by atoms with Crippen LogP contribution in [0.5, 0.6) is 0 Å². The van der Waals surface area contributed by atoms with Gasteiger partial charge in [-0.05, 0) is 57.7 Å². The minimum Gasteiger partial charge on any atom is -0.444 e. The lowest BCUT2D eigenvalue weighted by atomic mass is 10.0. The first-order valence-corrected chi connectivity index (χ1v) is 9.14. The highest BCUT2D eigenvalue weighted by Gasteiger charge is 2.33. The Hall–Kier alpha value is -1.82. The normalized spacial score (nSPS) is 21.5. The summed E-state index contributed by atoms with van der Waals surface area (Å²) >= 11 is 0. The number of likely N-dealkylation sites (tertiary alicyclic amines) is 1. The van der Waals surface area contributed by atoms with Crippen LogP contribution in [0.1, 0.15) is 50.8 Å². The highest BCUT2D eigenvalue weighted by molar-refractivity contribution is 5.69. The average Bonchev–Trinajstić information content (AvgIpc) is 3.04. The van der Waals surface area contributed by atoms with Crippen molar-refractivity contribution in [1.82, 2.24) is 9.88 Å². The number of rotatable bonds is 2. The van der Waals surface area contributed by atoms with E-state index in [0.29, 0.717) is 0 Å². The molecule has 1 atom stereocenters. The lowest BCUT2D eigenvalue weighted by molar-refractivity contribution is 0.0224. The van der Waals surface area contributed by atoms with E-state index in [1.807, 2.05) is 31.9 Å². The summed E-state index contributed by atoms with van der Waals surface area (Å²) in [6.07, 6.45) is 3.64. The van der Waals surface area contributed by atoms with Crippen LogP contribution in [0.15, 0.2) is 12.3 Å². The third kappa shape index (κ3) is 4.24. The van der Waals surface area contributed by atoms with Gasteiger partial charge in [0.25, 0.3) is 0 Å². The quantitative estimate of drug-likeness (QED) is 0.822. The predicted octanol–water partition coefficient (Wildman–Crippen LogP) is 3.30. The van der Waals surface area contributed by atoms with Crippen molar-refractivity contribution in [3.8, 4) is 0 Å². The Labute approximate surface area is 150 Å². The standard InChI is InChI=1S/C19H29N3O3/c1-14-12-15(13-20-17(14)21-8-10-24-11-9-21)16-6-5-7-22(16)18(23)25-19(2,3)4/h12-13,16H,5-11H2,1-4H3/t16-/m1/s1. The predicted molar refractivity (Wildman–Crippen MR) is 96.9 cm³/mol. The second-order valence-electron chi connectivity index (χ2n) is 7.84. The number of morpholine rings is 1. The van der Waals surface area contributed by atoms with Crippen LogP contribution in [0.4, 0.5) is 10.6 Å². The van der Waals surface area contributed by atoms with Crippen LogP contribution in [0.2, 0.25) is 0 Å². The van der Waals surface area contributed by atoms with Crippen LogP contribution in [-0.4, -0.2) is 54.4 Å². The van der Waals surface area contributed by atoms with Crippen molar-refractivity contribution in [2.45, 2.75) is 52.2 Å². The van der Waals surface area contributed by atoms with Gasteiger partial charge in [0.05, 0.1) is 19.3 Å². The van der Waals surface area contributed by atoms with E-state index in [1.54, 1.807) is 0 Å². The first kappa shape index (κ1) is 18.0. The number of anilines is 1. The number of aromatic nitrogens is 1. The fourth-order valence-corrected chi connectivity index (χ4v) is 3.53. The Balaban J connectivity index is 1.76. The molecule has 6 heteroatoms. The van der Waals surface area contributed by atoms with E-state index in [-0.39, 0.29) is 12.1 Å². The maximum Gasteiger partial charge on any atom is 0.410 e. The third-order valence-corrected chi connectivity index (χ3v) is 4.65. The van der Waals surface area contributed by atoms with Crippen LogP contribution < -0.4 is 4.90 Å². The fourth-order valence-electron chi connectivity index (χ4n) is 3.53. The smallest absolute Gasteiger partial charge is 0.410 e. The average molecular weight is 347 g/mol. The van der Waals surface area contributed by atoms with Gasteiger partial charge in [0.15, 0.2) is 0 Å². The maximum absolute atomic E-state index is 12.5. The first-order chi connectivity index (χ1) is 11.8. The monoisotopic (exact) mass is 347 g/mol. The molecule has 2 aliphatic heterocycles. The molecular formula is C19H29N3O3. The zero-order chi connectivity index (χ0) is 18.0. The number of hydrogen-bond acceptors (Lipinski definition) is 5. The molecule has 138 valence electrons. The molecule has 0 unspecified atom stereocenters. The van der Waals surface area contributed by atoms with E-state index in [2.05, 4.69) is 17.9 Å². The molecule has 0 N–H and O–H groups in total. The van der Waals surface area contributed by atoms with Crippen molar-refractivity contribution >= 4 is 11.9 Å². The van der Waals surface area contributed by atoms with E-state index in [1.165, 1.54) is 0 Å². The Morgan fingerprint density at radius 3 is 2.64 bits per heavy atom. The molecule has 2 fully saturated rings. The van der Waals surface area contributed by atoms with E-state index in [0.717, 1.165) is 62.6 Å². The number of nitrogens with zero attached hydrogens (tertiary/aromatic N) is 3. The molecule has 1 amide bonds. The van der Waals surface area contributed by atoms with Gasteiger partial charge in [0.1, 0.15) is 11.4 Å². The molecule has 0 spiro atoms. The minimum atomic E-state index is -0.474. The van der Waals surface area contributed by atoms with Gasteiger partial charge in [-0.25, -0.2) is 9.78 Å². The second kappa shape index (κ2) is 7.20. The SMILES string of the molecule is Cc1cc([C@H]2CCCN2C(=O)OC(C)(C)C)cnc1N1CCOCC1. The van der Waals surface area contributed by atoms with E-state index in [9.17, 15) is 4.79 Å². The molecule has 6 nitrogen and oxygen atoms in total. The molecule has 1 aromatic rings. The van der Waals surface area contributed by atoms with Crippen molar-refractivity contribution in [1.29, 1.82) is 0 Å². The number of hydrogen-bond donors (Lipinski definition) is 0. The minimum absolute atomic E-state index is 0.0554. The topological polar surface area (TPSA) is 54.9 Å². The van der Waals surface area contributed by atoms with E-state index in [4.69, 9.17) is 14.5 Å². The molecule has 0 aliphatic carbocycles. The van der Waals surface area contributed by atoms with E-state index < -0.39 is 5.60 Å². The Bertz CT molecular complexity index is 621. The zero-order valence-corrected chi connectivity index (χ0v) is 15.7. The van der Waals surface area contributed by atoms with Crippen LogP contribution in [0.25, 0.3) is 0 Å². The molecule has 2 aliphatic rings. The summed E-state index contributed by atoms with van der Waals surface area (Å²) in [6.45, 7) is 11.8. The number of carbonyl (C=O) groups is 1. The van der Waals surface area contributed by atoms with Gasteiger partial charge >= 0.3 is 6.09 Å². The molecule has 3 rings (SSSR count). The summed E-state index contributed by atoms with van der Waals surface area (Å²) < 4.78 is 11.0. The van der Waals surface area contributed by atoms with Crippen LogP contribution >= 0.6 is 0 Å². The van der Waals surface area contributed by atoms with Gasteiger partial charge < -0.3 is 19.3 Å². The molecule has 0 aromatic carbocycles. The van der Waals surface area contributed by atoms with Crippen molar-refractivity contribution in [2.24, 2.45) is 0 Å². The highest BCUT2D eigenvalue weighted by Crippen LogP contribution is 2.34. The second-order valence-corrected chi connectivity index (χ2v) is 7.84. The van der Waals surface area contributed by atoms with Crippen LogP contribution in [-0.2, 0) is 9.47 Å². The van der Waals surface area contributed by atoms with Crippen molar-refractivity contribution in [3.05, 3.63) is 23.4 Å². The fraction of sp³-hybridized carbons (Fsp3) is 0.684. The molecular weight excluding hydrogens is 318 g/mol. The van der Waals surface area contributed by atoms with Crippen molar-refractivity contribution < 1.29 is 14.3 Å². The number of amides is 1. The maximum atomic E-state index is 12.5. The van der Waals surface area contributed by atoms with Gasteiger partial charge in [-0.15, -0.1) is 0 Å². The molecule has 25 heavy (non-hydrogen) atoms. The van der Waals surface area contributed by atoms with E-state index >= 15 is 0 Å². The molecule has 3 heterocycles. The summed E-state index contributed by atoms with van der Waals surface area (Å²) in [5.74, 6) is 1.02. The Kier molecular flexibility index (Phi) is 5.18. The zero-order valence-electron chi connectivity index (χ0n) is 15.7. The first-order valence-electron chi connectivity index (χ1n) is 9.14. The number of pyridine rings is 1. The van der Waals surface area contributed by atoms with Gasteiger partial charge in [-0.1, -0.05) is 0 Å². The molecule has 2 saturated heterocycles. The lowest BCUT2D eigenvalue weighted by Gasteiger charge is -2.31. The molecule has 0 bridgehead atoms. The van der Waals surface area contributed by atoms with Gasteiger partial charge in [-0.3, -0.25) is 0 Å². The van der Waals surface area contributed by atoms with Crippen LogP contribution in [0.3, 0.4) is 0 Å². The molecule has 1 aromatic heterocycles.